The van der Waals surface area contributed by atoms with Gasteiger partial charge in [-0.3, -0.25) is 4.55 Å². The molecule has 0 aromatic heterocycles. The van der Waals surface area contributed by atoms with Crippen molar-refractivity contribution in [3.05, 3.63) is 0 Å². The first-order valence-corrected chi connectivity index (χ1v) is 2.77. The van der Waals surface area contributed by atoms with Crippen LogP contribution in [0.3, 0.4) is 0 Å². The predicted octanol–water partition coefficient (Wildman–Crippen LogP) is -0.498. The van der Waals surface area contributed by atoms with Gasteiger partial charge in [-0.1, -0.05) is 0 Å². The summed E-state index contributed by atoms with van der Waals surface area (Å²) in [5.74, 6) is 0. The Morgan fingerprint density at radius 2 is 1.50 bits per heavy atom. The van der Waals surface area contributed by atoms with Gasteiger partial charge in [0, 0.05) is 0 Å². The van der Waals surface area contributed by atoms with Crippen molar-refractivity contribution in [1.82, 2.24) is 0 Å². The average Bonchev–Trinajstić information content (AvgIpc) is 0.722. The molecule has 0 aliphatic rings. The molecule has 0 atom stereocenters. The van der Waals surface area contributed by atoms with Crippen LogP contribution in [0.25, 0.3) is 0 Å². The van der Waals surface area contributed by atoms with Crippen molar-refractivity contribution >= 4 is 10.1 Å². The van der Waals surface area contributed by atoms with E-state index in [4.69, 9.17) is 4.55 Å². The second-order valence-electron chi connectivity index (χ2n) is 0.733. The van der Waals surface area contributed by atoms with Gasteiger partial charge in [0.2, 0.25) is 0 Å². The minimum Gasteiger partial charge on any atom is -0.286 e. The van der Waals surface area contributed by atoms with Crippen LogP contribution in [0.5, 0.6) is 0 Å². The standard InChI is InChI=1S/CH4O3S.Ag/c1-5(2,3)4;/h1H3,(H,2,3,4);/q;+1. The van der Waals surface area contributed by atoms with Gasteiger partial charge < -0.3 is 0 Å². The molecule has 0 heterocycles. The molecule has 0 aliphatic carbocycles. The van der Waals surface area contributed by atoms with E-state index in [1.165, 1.54) is 0 Å². The summed E-state index contributed by atoms with van der Waals surface area (Å²) in [6.07, 6.45) is 0.715. The van der Waals surface area contributed by atoms with E-state index in [-0.39, 0.29) is 22.4 Å². The summed E-state index contributed by atoms with van der Waals surface area (Å²) in [4.78, 5) is 0. The van der Waals surface area contributed by atoms with Gasteiger partial charge in [-0.15, -0.1) is 0 Å². The molecule has 0 spiro atoms. The fourth-order valence-corrected chi connectivity index (χ4v) is 0. The Morgan fingerprint density at radius 3 is 1.50 bits per heavy atom. The quantitative estimate of drug-likeness (QED) is 0.427. The monoisotopic (exact) mass is 203 g/mol. The van der Waals surface area contributed by atoms with Crippen molar-refractivity contribution in [2.75, 3.05) is 6.26 Å². The molecule has 0 unspecified atom stereocenters. The second-order valence-corrected chi connectivity index (χ2v) is 2.20. The third-order valence-electron chi connectivity index (χ3n) is 0. The SMILES string of the molecule is CS(=O)(=O)O.[Ag+]. The first kappa shape index (κ1) is 9.82. The zero-order valence-electron chi connectivity index (χ0n) is 2.97. The zero-order valence-corrected chi connectivity index (χ0v) is 5.27. The van der Waals surface area contributed by atoms with Crippen LogP contribution in [0, 0.1) is 0 Å². The molecule has 0 radical (unpaired) electrons. The van der Waals surface area contributed by atoms with Crippen molar-refractivity contribution in [3.8, 4) is 0 Å². The summed E-state index contributed by atoms with van der Waals surface area (Å²) in [5, 5.41) is 0. The molecule has 0 saturated carbocycles. The molecule has 0 fully saturated rings. The van der Waals surface area contributed by atoms with Gasteiger partial charge >= 0.3 is 22.4 Å². The van der Waals surface area contributed by atoms with Crippen LogP contribution < -0.4 is 0 Å². The van der Waals surface area contributed by atoms with Crippen molar-refractivity contribution in [2.45, 2.75) is 0 Å². The van der Waals surface area contributed by atoms with Gasteiger partial charge in [-0.2, -0.15) is 8.42 Å². The van der Waals surface area contributed by atoms with Crippen LogP contribution in [0.1, 0.15) is 0 Å². The van der Waals surface area contributed by atoms with Gasteiger partial charge in [-0.05, 0) is 0 Å². The first-order chi connectivity index (χ1) is 2.00. The van der Waals surface area contributed by atoms with Gasteiger partial charge in [0.05, 0.1) is 6.26 Å². The summed E-state index contributed by atoms with van der Waals surface area (Å²) in [6, 6.07) is 0. The Labute approximate surface area is 52.0 Å². The Kier molecular flexibility index (Phi) is 4.52. The van der Waals surface area contributed by atoms with Crippen LogP contribution in [0.15, 0.2) is 0 Å². The third kappa shape index (κ3) is 147. The number of hydrogen-bond acceptors (Lipinski definition) is 2. The van der Waals surface area contributed by atoms with E-state index in [1.54, 1.807) is 0 Å². The zero-order chi connectivity index (χ0) is 4.50. The summed E-state index contributed by atoms with van der Waals surface area (Å²) in [5.41, 5.74) is 0. The van der Waals surface area contributed by atoms with Gasteiger partial charge in [0.15, 0.2) is 0 Å². The maximum Gasteiger partial charge on any atom is 1.00 e. The summed E-state index contributed by atoms with van der Waals surface area (Å²) in [6.45, 7) is 0. The second kappa shape index (κ2) is 2.76. The summed E-state index contributed by atoms with van der Waals surface area (Å²) < 4.78 is 25.9. The van der Waals surface area contributed by atoms with Gasteiger partial charge in [0.25, 0.3) is 10.1 Å². The van der Waals surface area contributed by atoms with Gasteiger partial charge in [-0.25, -0.2) is 0 Å². The summed E-state index contributed by atoms with van der Waals surface area (Å²) >= 11 is 0. The van der Waals surface area contributed by atoms with E-state index < -0.39 is 10.1 Å². The van der Waals surface area contributed by atoms with Gasteiger partial charge in [0.1, 0.15) is 0 Å². The van der Waals surface area contributed by atoms with Crippen LogP contribution >= 0.6 is 0 Å². The Morgan fingerprint density at radius 1 is 1.50 bits per heavy atom. The molecule has 1 N–H and O–H groups in total. The molecule has 0 aliphatic heterocycles. The molecule has 0 aromatic rings. The third-order valence-corrected chi connectivity index (χ3v) is 0. The normalized spacial score (nSPS) is 9.67. The Balaban J connectivity index is 0. The first-order valence-electron chi connectivity index (χ1n) is 0.924. The van der Waals surface area contributed by atoms with E-state index in [0.717, 1.165) is 0 Å². The molecule has 0 amide bonds. The van der Waals surface area contributed by atoms with E-state index in [2.05, 4.69) is 0 Å². The molecule has 0 aromatic carbocycles. The van der Waals surface area contributed by atoms with E-state index in [1.807, 2.05) is 0 Å². The van der Waals surface area contributed by atoms with Crippen molar-refractivity contribution in [2.24, 2.45) is 0 Å². The fourth-order valence-electron chi connectivity index (χ4n) is 0. The van der Waals surface area contributed by atoms with Crippen molar-refractivity contribution < 1.29 is 35.4 Å². The molecule has 3 nitrogen and oxygen atoms in total. The number of rotatable bonds is 0. The molecular weight excluding hydrogens is 200 g/mol. The van der Waals surface area contributed by atoms with Crippen LogP contribution in [0.4, 0.5) is 0 Å². The molecule has 5 heteroatoms. The molecule has 0 bridgehead atoms. The molecule has 0 saturated heterocycles. The minimum atomic E-state index is -3.67. The maximum atomic E-state index is 9.19. The molecule has 42 valence electrons. The number of hydrogen-bond donors (Lipinski definition) is 1. The van der Waals surface area contributed by atoms with Crippen molar-refractivity contribution in [1.29, 1.82) is 0 Å². The predicted molar refractivity (Wildman–Crippen MR) is 17.5 cm³/mol. The topological polar surface area (TPSA) is 54.4 Å². The largest absolute Gasteiger partial charge is 1.00 e. The van der Waals surface area contributed by atoms with Crippen molar-refractivity contribution in [3.63, 3.8) is 0 Å². The van der Waals surface area contributed by atoms with Crippen LogP contribution in [0.2, 0.25) is 0 Å². The van der Waals surface area contributed by atoms with E-state index in [9.17, 15) is 8.42 Å². The average molecular weight is 204 g/mol. The van der Waals surface area contributed by atoms with Crippen LogP contribution in [-0.2, 0) is 32.5 Å². The Hall–Kier alpha value is 0.650. The van der Waals surface area contributed by atoms with Crippen LogP contribution in [-0.4, -0.2) is 19.2 Å². The van der Waals surface area contributed by atoms with E-state index >= 15 is 0 Å². The summed E-state index contributed by atoms with van der Waals surface area (Å²) in [7, 11) is -3.67. The molecule has 6 heavy (non-hydrogen) atoms. The minimum absolute atomic E-state index is 0. The Bertz CT molecular complexity index is 94.0. The molecular formula is CH4AgO3S+. The smallest absolute Gasteiger partial charge is 0.286 e. The maximum absolute atomic E-state index is 9.19. The molecule has 0 rings (SSSR count). The van der Waals surface area contributed by atoms with E-state index in [0.29, 0.717) is 6.26 Å². The fraction of sp³-hybridized carbons (Fsp3) is 1.00.